The summed E-state index contributed by atoms with van der Waals surface area (Å²) in [5.74, 6) is 0.281. The van der Waals surface area contributed by atoms with Gasteiger partial charge >= 0.3 is 0 Å². The van der Waals surface area contributed by atoms with Gasteiger partial charge in [-0.3, -0.25) is 19.5 Å². The van der Waals surface area contributed by atoms with E-state index in [4.69, 9.17) is 11.6 Å². The molecule has 0 fully saturated rings. The summed E-state index contributed by atoms with van der Waals surface area (Å²) < 4.78 is 0. The number of hydrogen-bond acceptors (Lipinski definition) is 3. The molecule has 1 aromatic heterocycles. The summed E-state index contributed by atoms with van der Waals surface area (Å²) in [6.45, 7) is 3.73. The van der Waals surface area contributed by atoms with Crippen molar-refractivity contribution in [1.29, 1.82) is 0 Å². The highest BCUT2D eigenvalue weighted by atomic mass is 35.5. The van der Waals surface area contributed by atoms with Gasteiger partial charge in [-0.05, 0) is 25.4 Å². The highest BCUT2D eigenvalue weighted by molar-refractivity contribution is 6.28. The highest BCUT2D eigenvalue weighted by Gasteiger charge is 2.33. The largest absolute Gasteiger partial charge is 0.297 e. The Bertz CT molecular complexity index is 481. The van der Waals surface area contributed by atoms with Gasteiger partial charge in [-0.15, -0.1) is 0 Å². The maximum absolute atomic E-state index is 11.6. The van der Waals surface area contributed by atoms with Crippen molar-refractivity contribution in [2.24, 2.45) is 0 Å². The number of carbonyl (C=O) groups is 1. The number of nitrogens with one attached hydrogen (secondary N) is 1. The van der Waals surface area contributed by atoms with Gasteiger partial charge in [0.15, 0.2) is 0 Å². The van der Waals surface area contributed by atoms with Gasteiger partial charge in [-0.1, -0.05) is 0 Å². The molecule has 5 nitrogen and oxygen atoms in total. The first-order valence-corrected chi connectivity index (χ1v) is 4.99. The van der Waals surface area contributed by atoms with Gasteiger partial charge < -0.3 is 0 Å². The number of fused-ring (bicyclic) bond motifs is 1. The number of hydrogen-bond donors (Lipinski definition) is 1. The number of amides is 1. The van der Waals surface area contributed by atoms with E-state index in [0.717, 1.165) is 0 Å². The van der Waals surface area contributed by atoms with Crippen molar-refractivity contribution in [1.82, 2.24) is 9.97 Å². The number of carbonyl (C=O) groups excluding carboxylic acids is 1. The monoisotopic (exact) mass is 227 g/mol. The molecule has 0 aromatic carbocycles. The van der Waals surface area contributed by atoms with Crippen molar-refractivity contribution < 1.29 is 4.79 Å². The Labute approximate surface area is 91.1 Å². The molecule has 6 heteroatoms. The van der Waals surface area contributed by atoms with Crippen molar-refractivity contribution in [2.45, 2.75) is 26.3 Å². The third-order valence-electron chi connectivity index (χ3n) is 2.31. The van der Waals surface area contributed by atoms with Crippen LogP contribution in [0.3, 0.4) is 0 Å². The second-order valence-electron chi connectivity index (χ2n) is 3.69. The maximum atomic E-state index is 11.6. The number of aromatic nitrogens is 2. The Balaban J connectivity index is 2.63. The van der Waals surface area contributed by atoms with Crippen molar-refractivity contribution in [3.8, 4) is 0 Å². The minimum atomic E-state index is -0.332. The molecule has 0 atom stereocenters. The minimum absolute atomic E-state index is 0.0131. The van der Waals surface area contributed by atoms with Gasteiger partial charge in [0.05, 0.1) is 12.0 Å². The van der Waals surface area contributed by atoms with Gasteiger partial charge in [0.25, 0.3) is 5.56 Å². The molecule has 1 N–H and O–H groups in total. The van der Waals surface area contributed by atoms with Crippen molar-refractivity contribution >= 4 is 23.3 Å². The lowest BCUT2D eigenvalue weighted by molar-refractivity contribution is -0.117. The molecule has 1 aliphatic rings. The second kappa shape index (κ2) is 3.34. The number of anilines is 1. The van der Waals surface area contributed by atoms with Gasteiger partial charge in [-0.25, -0.2) is 4.98 Å². The summed E-state index contributed by atoms with van der Waals surface area (Å²) in [6, 6.07) is -0.0240. The summed E-state index contributed by atoms with van der Waals surface area (Å²) in [5.41, 5.74) is 0.0691. The lowest BCUT2D eigenvalue weighted by atomic mass is 10.3. The first-order valence-electron chi connectivity index (χ1n) is 4.61. The Morgan fingerprint density at radius 1 is 1.47 bits per heavy atom. The van der Waals surface area contributed by atoms with Gasteiger partial charge in [0, 0.05) is 6.04 Å². The molecule has 0 bridgehead atoms. The molecule has 2 rings (SSSR count). The average molecular weight is 228 g/mol. The highest BCUT2D eigenvalue weighted by Crippen LogP contribution is 2.26. The van der Waals surface area contributed by atoms with Gasteiger partial charge in [-0.2, -0.15) is 0 Å². The Morgan fingerprint density at radius 3 is 2.73 bits per heavy atom. The average Bonchev–Trinajstić information content (AvgIpc) is 2.41. The number of aromatic amines is 1. The fraction of sp³-hybridized carbons (Fsp3) is 0.444. The van der Waals surface area contributed by atoms with Gasteiger partial charge in [0.2, 0.25) is 11.2 Å². The summed E-state index contributed by atoms with van der Waals surface area (Å²) in [4.78, 5) is 31.0. The van der Waals surface area contributed by atoms with Crippen molar-refractivity contribution in [3.63, 3.8) is 0 Å². The normalized spacial score (nSPS) is 14.9. The van der Waals surface area contributed by atoms with Crippen molar-refractivity contribution in [3.05, 3.63) is 21.2 Å². The van der Waals surface area contributed by atoms with Gasteiger partial charge in [0.1, 0.15) is 5.82 Å². The maximum Gasteiger partial charge on any atom is 0.257 e. The zero-order valence-corrected chi connectivity index (χ0v) is 9.13. The second-order valence-corrected chi connectivity index (χ2v) is 4.05. The molecule has 80 valence electrons. The molecule has 1 amide bonds. The Kier molecular flexibility index (Phi) is 2.26. The van der Waals surface area contributed by atoms with E-state index in [0.29, 0.717) is 11.4 Å². The van der Waals surface area contributed by atoms with E-state index in [9.17, 15) is 9.59 Å². The molecule has 1 aromatic rings. The lowest BCUT2D eigenvalue weighted by Crippen LogP contribution is -2.34. The SMILES string of the molecule is CC(C)N1C(=O)Cc2c1nc(Cl)[nH]c2=O. The van der Waals surface area contributed by atoms with Crippen LogP contribution >= 0.6 is 11.6 Å². The van der Waals surface area contributed by atoms with Crippen LogP contribution in [0.2, 0.25) is 5.28 Å². The molecule has 0 spiro atoms. The summed E-state index contributed by atoms with van der Waals surface area (Å²) >= 11 is 5.64. The quantitative estimate of drug-likeness (QED) is 0.719. The molecule has 15 heavy (non-hydrogen) atoms. The first-order chi connectivity index (χ1) is 7.00. The zero-order valence-electron chi connectivity index (χ0n) is 8.37. The molecule has 0 unspecified atom stereocenters. The number of nitrogens with zero attached hydrogens (tertiary/aromatic N) is 2. The summed E-state index contributed by atoms with van der Waals surface area (Å²) in [5, 5.41) is 0.0131. The predicted octanol–water partition coefficient (Wildman–Crippen LogP) is 0.721. The molecule has 0 radical (unpaired) electrons. The third-order valence-corrected chi connectivity index (χ3v) is 2.49. The molecular weight excluding hydrogens is 218 g/mol. The topological polar surface area (TPSA) is 66.1 Å². The molecular formula is C9H10ClN3O2. The fourth-order valence-electron chi connectivity index (χ4n) is 1.70. The van der Waals surface area contributed by atoms with Crippen LogP contribution in [-0.2, 0) is 11.2 Å². The minimum Gasteiger partial charge on any atom is -0.297 e. The van der Waals surface area contributed by atoms with E-state index in [2.05, 4.69) is 9.97 Å². The zero-order chi connectivity index (χ0) is 11.2. The molecule has 0 aliphatic carbocycles. The number of rotatable bonds is 1. The van der Waals surface area contributed by atoms with E-state index < -0.39 is 0 Å². The van der Waals surface area contributed by atoms with Crippen LogP contribution in [0.1, 0.15) is 19.4 Å². The molecule has 0 saturated carbocycles. The third kappa shape index (κ3) is 1.52. The predicted molar refractivity (Wildman–Crippen MR) is 56.2 cm³/mol. The van der Waals surface area contributed by atoms with E-state index >= 15 is 0 Å². The van der Waals surface area contributed by atoms with Crippen LogP contribution in [0.15, 0.2) is 4.79 Å². The van der Waals surface area contributed by atoms with E-state index in [1.165, 1.54) is 4.90 Å². The van der Waals surface area contributed by atoms with Crippen LogP contribution in [0.25, 0.3) is 0 Å². The molecule has 1 aliphatic heterocycles. The number of H-pyrrole nitrogens is 1. The molecule has 2 heterocycles. The van der Waals surface area contributed by atoms with Crippen LogP contribution in [0.5, 0.6) is 0 Å². The van der Waals surface area contributed by atoms with Crippen LogP contribution in [-0.4, -0.2) is 21.9 Å². The van der Waals surface area contributed by atoms with Crippen molar-refractivity contribution in [2.75, 3.05) is 4.90 Å². The Morgan fingerprint density at radius 2 is 2.13 bits per heavy atom. The first kappa shape index (κ1) is 10.2. The van der Waals surface area contributed by atoms with E-state index in [-0.39, 0.29) is 29.2 Å². The number of halogens is 1. The fourth-order valence-corrected chi connectivity index (χ4v) is 1.87. The van der Waals surface area contributed by atoms with Crippen LogP contribution in [0.4, 0.5) is 5.82 Å². The standard InChI is InChI=1S/C9H10ClN3O2/c1-4(2)13-6(14)3-5-7(13)11-9(10)12-8(5)15/h4H,3H2,1-2H3,(H,11,12,15). The summed E-state index contributed by atoms with van der Waals surface area (Å²) in [7, 11) is 0. The molecule has 0 saturated heterocycles. The van der Waals surface area contributed by atoms with E-state index in [1.54, 1.807) is 0 Å². The smallest absolute Gasteiger partial charge is 0.257 e. The van der Waals surface area contributed by atoms with Crippen LogP contribution < -0.4 is 10.5 Å². The Hall–Kier alpha value is -1.36. The summed E-state index contributed by atoms with van der Waals surface area (Å²) in [6.07, 6.45) is 0.104. The lowest BCUT2D eigenvalue weighted by Gasteiger charge is -2.20. The van der Waals surface area contributed by atoms with Crippen LogP contribution in [0, 0.1) is 0 Å². The van der Waals surface area contributed by atoms with E-state index in [1.807, 2.05) is 13.8 Å².